The molecular weight excluding hydrogens is 294 g/mol. The van der Waals surface area contributed by atoms with Crippen LogP contribution in [0.5, 0.6) is 11.5 Å². The minimum Gasteiger partial charge on any atom is -0.490 e. The van der Waals surface area contributed by atoms with E-state index in [-0.39, 0.29) is 5.91 Å². The molecule has 1 aromatic carbocycles. The first-order valence-electron chi connectivity index (χ1n) is 7.44. The maximum atomic E-state index is 12.4. The highest BCUT2D eigenvalue weighted by atomic mass is 16.5. The van der Waals surface area contributed by atoms with Crippen LogP contribution in [0, 0.1) is 0 Å². The van der Waals surface area contributed by atoms with Crippen LogP contribution in [-0.4, -0.2) is 28.5 Å². The van der Waals surface area contributed by atoms with Gasteiger partial charge in [-0.3, -0.25) is 4.79 Å². The number of aromatic nitrogens is 2. The normalized spacial score (nSPS) is 13.6. The van der Waals surface area contributed by atoms with Crippen molar-refractivity contribution in [1.82, 2.24) is 9.38 Å². The maximum absolute atomic E-state index is 12.4. The van der Waals surface area contributed by atoms with Crippen molar-refractivity contribution >= 4 is 17.2 Å². The average Bonchev–Trinajstić information content (AvgIpc) is 2.87. The number of amides is 1. The third-order valence-electron chi connectivity index (χ3n) is 3.60. The van der Waals surface area contributed by atoms with Gasteiger partial charge in [-0.2, -0.15) is 0 Å². The van der Waals surface area contributed by atoms with Crippen LogP contribution in [-0.2, 0) is 0 Å². The van der Waals surface area contributed by atoms with Crippen LogP contribution in [0.2, 0.25) is 0 Å². The zero-order chi connectivity index (χ0) is 15.6. The van der Waals surface area contributed by atoms with Gasteiger partial charge >= 0.3 is 0 Å². The van der Waals surface area contributed by atoms with Crippen LogP contribution < -0.4 is 14.8 Å². The molecule has 23 heavy (non-hydrogen) atoms. The quantitative estimate of drug-likeness (QED) is 0.790. The Morgan fingerprint density at radius 2 is 2.00 bits per heavy atom. The van der Waals surface area contributed by atoms with Crippen molar-refractivity contribution in [3.05, 3.63) is 54.5 Å². The summed E-state index contributed by atoms with van der Waals surface area (Å²) in [6, 6.07) is 11.0. The van der Waals surface area contributed by atoms with E-state index < -0.39 is 0 Å². The molecule has 0 saturated heterocycles. The molecule has 0 fully saturated rings. The van der Waals surface area contributed by atoms with Crippen molar-refractivity contribution < 1.29 is 14.3 Å². The fourth-order valence-corrected chi connectivity index (χ4v) is 2.48. The zero-order valence-electron chi connectivity index (χ0n) is 12.4. The van der Waals surface area contributed by atoms with Gasteiger partial charge in [-0.1, -0.05) is 6.07 Å². The number of anilines is 1. The topological polar surface area (TPSA) is 64.9 Å². The average molecular weight is 309 g/mol. The highest BCUT2D eigenvalue weighted by Crippen LogP contribution is 2.32. The van der Waals surface area contributed by atoms with Gasteiger partial charge in [0.2, 0.25) is 0 Å². The van der Waals surface area contributed by atoms with Gasteiger partial charge < -0.3 is 19.2 Å². The number of carbonyl (C=O) groups is 1. The molecule has 6 nitrogen and oxygen atoms in total. The van der Waals surface area contributed by atoms with Crippen LogP contribution in [0.3, 0.4) is 0 Å². The van der Waals surface area contributed by atoms with E-state index >= 15 is 0 Å². The lowest BCUT2D eigenvalue weighted by Crippen LogP contribution is -2.12. The maximum Gasteiger partial charge on any atom is 0.275 e. The van der Waals surface area contributed by atoms with Crippen LogP contribution >= 0.6 is 0 Å². The third-order valence-corrected chi connectivity index (χ3v) is 3.60. The van der Waals surface area contributed by atoms with E-state index in [1.807, 2.05) is 28.8 Å². The molecule has 0 saturated carbocycles. The van der Waals surface area contributed by atoms with Crippen molar-refractivity contribution in [3.8, 4) is 11.5 Å². The molecule has 2 aromatic heterocycles. The van der Waals surface area contributed by atoms with Crippen molar-refractivity contribution in [3.63, 3.8) is 0 Å². The van der Waals surface area contributed by atoms with E-state index in [1.165, 1.54) is 0 Å². The first-order chi connectivity index (χ1) is 11.3. The number of carbonyl (C=O) groups excluding carboxylic acids is 1. The first-order valence-corrected chi connectivity index (χ1v) is 7.44. The molecule has 0 radical (unpaired) electrons. The summed E-state index contributed by atoms with van der Waals surface area (Å²) in [5, 5.41) is 2.84. The molecule has 1 aliphatic heterocycles. The monoisotopic (exact) mass is 309 g/mol. The second-order valence-corrected chi connectivity index (χ2v) is 5.26. The van der Waals surface area contributed by atoms with Crippen molar-refractivity contribution in [2.45, 2.75) is 6.42 Å². The Kier molecular flexibility index (Phi) is 3.34. The van der Waals surface area contributed by atoms with Gasteiger partial charge in [0.1, 0.15) is 11.3 Å². The number of nitrogens with one attached hydrogen (secondary N) is 1. The molecule has 0 bridgehead atoms. The number of hydrogen-bond donors (Lipinski definition) is 1. The summed E-state index contributed by atoms with van der Waals surface area (Å²) in [6.45, 7) is 1.25. The molecule has 0 unspecified atom stereocenters. The lowest BCUT2D eigenvalue weighted by atomic mass is 10.2. The summed E-state index contributed by atoms with van der Waals surface area (Å²) in [4.78, 5) is 16.7. The minimum absolute atomic E-state index is 0.261. The lowest BCUT2D eigenvalue weighted by Gasteiger charge is -2.09. The first kappa shape index (κ1) is 13.6. The number of pyridine rings is 1. The number of fused-ring (bicyclic) bond motifs is 2. The second kappa shape index (κ2) is 5.64. The predicted molar refractivity (Wildman–Crippen MR) is 85.2 cm³/mol. The van der Waals surface area contributed by atoms with Gasteiger partial charge in [0.15, 0.2) is 11.5 Å². The summed E-state index contributed by atoms with van der Waals surface area (Å²) in [5.41, 5.74) is 1.75. The molecule has 0 aliphatic carbocycles. The summed E-state index contributed by atoms with van der Waals surface area (Å²) < 4.78 is 13.0. The number of imidazole rings is 1. The predicted octanol–water partition coefficient (Wildman–Crippen LogP) is 2.75. The zero-order valence-corrected chi connectivity index (χ0v) is 12.4. The summed E-state index contributed by atoms with van der Waals surface area (Å²) >= 11 is 0. The standard InChI is InChI=1S/C17H15N3O3/c21-17(13-11-20-7-2-1-4-16(20)19-13)18-12-5-6-14-15(10-12)23-9-3-8-22-14/h1-2,4-7,10-11H,3,8-9H2,(H,18,21). The summed E-state index contributed by atoms with van der Waals surface area (Å²) in [6.07, 6.45) is 4.40. The van der Waals surface area contributed by atoms with Gasteiger partial charge in [0.05, 0.1) is 13.2 Å². The molecule has 1 aliphatic rings. The molecule has 0 spiro atoms. The Bertz CT molecular complexity index is 839. The molecular formula is C17H15N3O3. The highest BCUT2D eigenvalue weighted by molar-refractivity contribution is 6.03. The number of ether oxygens (including phenoxy) is 2. The third kappa shape index (κ3) is 2.70. The van der Waals surface area contributed by atoms with E-state index in [4.69, 9.17) is 9.47 Å². The molecule has 116 valence electrons. The summed E-state index contributed by atoms with van der Waals surface area (Å²) in [5.74, 6) is 1.09. The van der Waals surface area contributed by atoms with Crippen LogP contribution in [0.4, 0.5) is 5.69 Å². The fourth-order valence-electron chi connectivity index (χ4n) is 2.48. The molecule has 1 amide bonds. The largest absolute Gasteiger partial charge is 0.490 e. The van der Waals surface area contributed by atoms with E-state index in [0.717, 1.165) is 12.1 Å². The number of benzene rings is 1. The van der Waals surface area contributed by atoms with Crippen LogP contribution in [0.1, 0.15) is 16.9 Å². The fraction of sp³-hybridized carbons (Fsp3) is 0.176. The van der Waals surface area contributed by atoms with Crippen LogP contribution in [0.25, 0.3) is 5.65 Å². The Morgan fingerprint density at radius 3 is 2.87 bits per heavy atom. The minimum atomic E-state index is -0.261. The van der Waals surface area contributed by atoms with E-state index in [1.54, 1.807) is 24.4 Å². The molecule has 6 heteroatoms. The second-order valence-electron chi connectivity index (χ2n) is 5.26. The number of nitrogens with zero attached hydrogens (tertiary/aromatic N) is 2. The Morgan fingerprint density at radius 1 is 1.13 bits per heavy atom. The Labute approximate surface area is 132 Å². The van der Waals surface area contributed by atoms with Gasteiger partial charge in [-0.15, -0.1) is 0 Å². The molecule has 4 rings (SSSR count). The van der Waals surface area contributed by atoms with Crippen molar-refractivity contribution in [2.75, 3.05) is 18.5 Å². The van der Waals surface area contributed by atoms with Crippen molar-refractivity contribution in [1.29, 1.82) is 0 Å². The smallest absolute Gasteiger partial charge is 0.275 e. The van der Waals surface area contributed by atoms with Gasteiger partial charge in [0, 0.05) is 30.6 Å². The van der Waals surface area contributed by atoms with E-state index in [0.29, 0.717) is 36.1 Å². The molecule has 3 heterocycles. The number of hydrogen-bond acceptors (Lipinski definition) is 4. The Hall–Kier alpha value is -3.02. The SMILES string of the molecule is O=C(Nc1ccc2c(c1)OCCCO2)c1cn2ccccc2n1. The summed E-state index contributed by atoms with van der Waals surface area (Å²) in [7, 11) is 0. The number of rotatable bonds is 2. The van der Waals surface area contributed by atoms with E-state index in [9.17, 15) is 4.79 Å². The Balaban J connectivity index is 1.57. The molecule has 0 atom stereocenters. The molecule has 1 N–H and O–H groups in total. The van der Waals surface area contributed by atoms with E-state index in [2.05, 4.69) is 10.3 Å². The molecule has 3 aromatic rings. The van der Waals surface area contributed by atoms with Gasteiger partial charge in [-0.25, -0.2) is 4.98 Å². The van der Waals surface area contributed by atoms with Gasteiger partial charge in [0.25, 0.3) is 5.91 Å². The highest BCUT2D eigenvalue weighted by Gasteiger charge is 2.14. The van der Waals surface area contributed by atoms with Crippen molar-refractivity contribution in [2.24, 2.45) is 0 Å². The lowest BCUT2D eigenvalue weighted by molar-refractivity contribution is 0.102. The van der Waals surface area contributed by atoms with Gasteiger partial charge in [-0.05, 0) is 24.3 Å². The van der Waals surface area contributed by atoms with Crippen LogP contribution in [0.15, 0.2) is 48.8 Å².